The number of nitrogens with zero attached hydrogens (tertiary/aromatic N) is 1. The molecule has 1 atom stereocenters. The van der Waals surface area contributed by atoms with Crippen molar-refractivity contribution in [3.05, 3.63) is 59.7 Å². The summed E-state index contributed by atoms with van der Waals surface area (Å²) in [7, 11) is 3.37. The fourth-order valence-electron chi connectivity index (χ4n) is 2.54. The molecule has 2 aromatic rings. The van der Waals surface area contributed by atoms with Crippen molar-refractivity contribution in [2.45, 2.75) is 25.3 Å². The van der Waals surface area contributed by atoms with Crippen LogP contribution in [0, 0.1) is 0 Å². The second-order valence-corrected chi connectivity index (χ2v) is 6.47. The number of carbonyl (C=O) groups excluding carboxylic acids is 2. The van der Waals surface area contributed by atoms with E-state index in [1.807, 2.05) is 48.5 Å². The molecule has 2 rings (SSSR count). The van der Waals surface area contributed by atoms with Gasteiger partial charge in [-0.1, -0.05) is 24.3 Å². The zero-order chi connectivity index (χ0) is 19.8. The van der Waals surface area contributed by atoms with Crippen molar-refractivity contribution in [3.8, 4) is 11.5 Å². The Morgan fingerprint density at radius 2 is 1.54 bits per heavy atom. The van der Waals surface area contributed by atoms with Gasteiger partial charge in [0.2, 0.25) is 11.8 Å². The monoisotopic (exact) mass is 407 g/mol. The summed E-state index contributed by atoms with van der Waals surface area (Å²) >= 11 is 0. The maximum atomic E-state index is 11.8. The molecule has 0 aliphatic rings. The average molecular weight is 408 g/mol. The molecule has 4 N–H and O–H groups in total. The van der Waals surface area contributed by atoms with Crippen molar-refractivity contribution < 1.29 is 19.5 Å². The van der Waals surface area contributed by atoms with E-state index in [1.165, 1.54) is 4.90 Å². The first-order valence-corrected chi connectivity index (χ1v) is 8.64. The van der Waals surface area contributed by atoms with Gasteiger partial charge < -0.3 is 15.4 Å². The van der Waals surface area contributed by atoms with Crippen LogP contribution in [0.5, 0.6) is 11.5 Å². The zero-order valence-electron chi connectivity index (χ0n) is 15.9. The number of nitrogens with two attached hydrogens (primary N) is 1. The zero-order valence-corrected chi connectivity index (χ0v) is 16.7. The van der Waals surface area contributed by atoms with E-state index in [2.05, 4.69) is 0 Å². The van der Waals surface area contributed by atoms with Crippen molar-refractivity contribution in [3.63, 3.8) is 0 Å². The number of hydroxylamine groups is 1. The van der Waals surface area contributed by atoms with Crippen LogP contribution in [0.15, 0.2) is 48.5 Å². The highest BCUT2D eigenvalue weighted by molar-refractivity contribution is 5.85. The molecule has 0 saturated heterocycles. The first-order valence-electron chi connectivity index (χ1n) is 8.64. The number of rotatable bonds is 8. The van der Waals surface area contributed by atoms with Gasteiger partial charge in [0.1, 0.15) is 11.5 Å². The predicted molar refractivity (Wildman–Crippen MR) is 109 cm³/mol. The molecule has 7 nitrogen and oxygen atoms in total. The Morgan fingerprint density at radius 3 is 2.00 bits per heavy atom. The number of nitrogens with one attached hydrogen (secondary N) is 1. The summed E-state index contributed by atoms with van der Waals surface area (Å²) < 4.78 is 5.80. The number of carbonyl (C=O) groups is 2. The Hall–Kier alpha value is -2.61. The van der Waals surface area contributed by atoms with Crippen LogP contribution in [0.25, 0.3) is 0 Å². The summed E-state index contributed by atoms with van der Waals surface area (Å²) in [5.74, 6) is 0.838. The third-order valence-corrected chi connectivity index (χ3v) is 4.06. The molecule has 0 aliphatic heterocycles. The minimum absolute atomic E-state index is 0. The molecule has 152 valence electrons. The largest absolute Gasteiger partial charge is 0.457 e. The summed E-state index contributed by atoms with van der Waals surface area (Å²) in [6, 6.07) is 14.3. The smallest absolute Gasteiger partial charge is 0.243 e. The highest BCUT2D eigenvalue weighted by Gasteiger charge is 2.15. The lowest BCUT2D eigenvalue weighted by Crippen LogP contribution is -2.41. The second kappa shape index (κ2) is 11.3. The van der Waals surface area contributed by atoms with E-state index in [0.29, 0.717) is 24.3 Å². The molecule has 0 radical (unpaired) electrons. The molecule has 0 aromatic heterocycles. The summed E-state index contributed by atoms with van der Waals surface area (Å²) in [5, 5.41) is 8.49. The number of likely N-dealkylation sites (N-methyl/N-ethyl adjacent to an activating group) is 1. The van der Waals surface area contributed by atoms with Crippen LogP contribution in [-0.4, -0.2) is 42.1 Å². The molecular weight excluding hydrogens is 382 g/mol. The van der Waals surface area contributed by atoms with Gasteiger partial charge in [-0.25, -0.2) is 5.48 Å². The third kappa shape index (κ3) is 7.19. The third-order valence-electron chi connectivity index (χ3n) is 4.06. The summed E-state index contributed by atoms with van der Waals surface area (Å²) in [4.78, 5) is 24.4. The van der Waals surface area contributed by atoms with Gasteiger partial charge in [0.05, 0.1) is 6.04 Å². The summed E-state index contributed by atoms with van der Waals surface area (Å²) in [6.45, 7) is 0. The van der Waals surface area contributed by atoms with E-state index in [-0.39, 0.29) is 24.7 Å². The van der Waals surface area contributed by atoms with Crippen molar-refractivity contribution in [2.24, 2.45) is 5.73 Å². The molecule has 0 saturated carbocycles. The number of amides is 2. The summed E-state index contributed by atoms with van der Waals surface area (Å²) in [6.07, 6.45) is 1.22. The van der Waals surface area contributed by atoms with Crippen LogP contribution in [0.1, 0.15) is 17.5 Å². The first kappa shape index (κ1) is 23.4. The van der Waals surface area contributed by atoms with Crippen LogP contribution >= 0.6 is 12.4 Å². The van der Waals surface area contributed by atoms with Crippen LogP contribution in [0.4, 0.5) is 0 Å². The van der Waals surface area contributed by atoms with Crippen LogP contribution < -0.4 is 16.0 Å². The Balaban J connectivity index is 0.00000392. The van der Waals surface area contributed by atoms with E-state index in [1.54, 1.807) is 19.6 Å². The van der Waals surface area contributed by atoms with E-state index < -0.39 is 11.9 Å². The van der Waals surface area contributed by atoms with Crippen LogP contribution in [0.2, 0.25) is 0 Å². The van der Waals surface area contributed by atoms with E-state index in [4.69, 9.17) is 15.7 Å². The topological polar surface area (TPSA) is 105 Å². The molecule has 28 heavy (non-hydrogen) atoms. The van der Waals surface area contributed by atoms with Gasteiger partial charge >= 0.3 is 0 Å². The fourth-order valence-corrected chi connectivity index (χ4v) is 2.54. The number of hydrogen-bond acceptors (Lipinski definition) is 5. The van der Waals surface area contributed by atoms with Gasteiger partial charge in [-0.05, 0) is 48.2 Å². The molecule has 8 heteroatoms. The lowest BCUT2D eigenvalue weighted by molar-refractivity contribution is -0.130. The van der Waals surface area contributed by atoms with Gasteiger partial charge in [0.25, 0.3) is 0 Å². The van der Waals surface area contributed by atoms with Crippen LogP contribution in [-0.2, 0) is 22.4 Å². The standard InChI is InChI=1S/C20H25N3O4.ClH/c1-23(2)20(25)18(21)13-15-5-10-17(11-6-15)27-16-8-3-14(4-9-16)7-12-19(24)22-26;/h3-6,8-11,18,26H,7,12-13,21H2,1-2H3,(H,22,24);1H/t18-;/m0./s1. The molecule has 0 spiro atoms. The number of benzene rings is 2. The number of halogens is 1. The predicted octanol–water partition coefficient (Wildman–Crippen LogP) is 2.30. The number of aryl methyl sites for hydroxylation is 1. The first-order chi connectivity index (χ1) is 12.9. The summed E-state index contributed by atoms with van der Waals surface area (Å²) in [5.41, 5.74) is 9.47. The maximum absolute atomic E-state index is 11.8. The van der Waals surface area contributed by atoms with Crippen molar-refractivity contribution >= 4 is 24.2 Å². The maximum Gasteiger partial charge on any atom is 0.243 e. The lowest BCUT2D eigenvalue weighted by Gasteiger charge is -2.16. The molecule has 0 bridgehead atoms. The number of hydrogen-bond donors (Lipinski definition) is 3. The molecule has 2 amide bonds. The van der Waals surface area contributed by atoms with Crippen molar-refractivity contribution in [1.29, 1.82) is 0 Å². The average Bonchev–Trinajstić information content (AvgIpc) is 2.67. The van der Waals surface area contributed by atoms with Gasteiger partial charge in [-0.15, -0.1) is 12.4 Å². The normalized spacial score (nSPS) is 11.1. The van der Waals surface area contributed by atoms with E-state index >= 15 is 0 Å². The molecule has 0 aliphatic carbocycles. The van der Waals surface area contributed by atoms with Gasteiger partial charge in [0.15, 0.2) is 0 Å². The molecule has 0 unspecified atom stereocenters. The highest BCUT2D eigenvalue weighted by atomic mass is 35.5. The van der Waals surface area contributed by atoms with Crippen LogP contribution in [0.3, 0.4) is 0 Å². The van der Waals surface area contributed by atoms with Gasteiger partial charge in [0, 0.05) is 20.5 Å². The lowest BCUT2D eigenvalue weighted by atomic mass is 10.1. The minimum atomic E-state index is -0.563. The Kier molecular flexibility index (Phi) is 9.44. The quantitative estimate of drug-likeness (QED) is 0.460. The highest BCUT2D eigenvalue weighted by Crippen LogP contribution is 2.22. The SMILES string of the molecule is CN(C)C(=O)[C@@H](N)Cc1ccc(Oc2ccc(CCC(=O)NO)cc2)cc1.Cl. The minimum Gasteiger partial charge on any atom is -0.457 e. The molecule has 0 fully saturated rings. The van der Waals surface area contributed by atoms with Crippen molar-refractivity contribution in [1.82, 2.24) is 10.4 Å². The van der Waals surface area contributed by atoms with Crippen molar-refractivity contribution in [2.75, 3.05) is 14.1 Å². The molecular formula is C20H26ClN3O4. The fraction of sp³-hybridized carbons (Fsp3) is 0.300. The molecule has 2 aromatic carbocycles. The van der Waals surface area contributed by atoms with E-state index in [0.717, 1.165) is 11.1 Å². The van der Waals surface area contributed by atoms with Gasteiger partial charge in [-0.2, -0.15) is 0 Å². The number of ether oxygens (including phenoxy) is 1. The second-order valence-electron chi connectivity index (χ2n) is 6.47. The van der Waals surface area contributed by atoms with E-state index in [9.17, 15) is 9.59 Å². The Bertz CT molecular complexity index is 764. The molecule has 0 heterocycles. The Morgan fingerprint density at radius 1 is 1.04 bits per heavy atom. The Labute approximate surface area is 170 Å². The van der Waals surface area contributed by atoms with Gasteiger partial charge in [-0.3, -0.25) is 14.8 Å².